The van der Waals surface area contributed by atoms with E-state index in [1.165, 1.54) is 20.3 Å². The van der Waals surface area contributed by atoms with Crippen LogP contribution in [0.1, 0.15) is 11.1 Å². The molecule has 0 spiro atoms. The third-order valence-electron chi connectivity index (χ3n) is 3.02. The first-order valence-corrected chi connectivity index (χ1v) is 6.41. The van der Waals surface area contributed by atoms with Gasteiger partial charge in [-0.3, -0.25) is 0 Å². The first-order chi connectivity index (χ1) is 10.2. The van der Waals surface area contributed by atoms with Crippen LogP contribution in [0.3, 0.4) is 0 Å². The Morgan fingerprint density at radius 1 is 0.905 bits per heavy atom. The second kappa shape index (κ2) is 6.95. The number of rotatable bonds is 6. The van der Waals surface area contributed by atoms with Crippen molar-refractivity contribution in [3.8, 4) is 17.2 Å². The molecule has 0 bridgehead atoms. The maximum absolute atomic E-state index is 13.6. The molecule has 0 atom stereocenters. The van der Waals surface area contributed by atoms with E-state index >= 15 is 0 Å². The molecular weight excluding hydrogens is 275 g/mol. The van der Waals surface area contributed by atoms with Crippen molar-refractivity contribution in [2.24, 2.45) is 0 Å². The van der Waals surface area contributed by atoms with Gasteiger partial charge in [0.1, 0.15) is 6.61 Å². The van der Waals surface area contributed by atoms with Gasteiger partial charge in [0.25, 0.3) is 0 Å². The monoisotopic (exact) mass is 292 g/mol. The van der Waals surface area contributed by atoms with E-state index in [1.54, 1.807) is 30.3 Å². The van der Waals surface area contributed by atoms with Crippen LogP contribution in [0.5, 0.6) is 17.2 Å². The highest BCUT2D eigenvalue weighted by molar-refractivity contribution is 5.43. The van der Waals surface area contributed by atoms with E-state index in [9.17, 15) is 4.39 Å². The first kappa shape index (κ1) is 15.1. The molecule has 2 rings (SSSR count). The molecule has 5 heteroatoms. The zero-order chi connectivity index (χ0) is 15.2. The standard InChI is InChI=1S/C16H17FO4/c1-19-14-5-4-12(7-13(14)17)10-21-16-8-11(9-18)3-6-15(16)20-2/h3-8,18H,9-10H2,1-2H3. The maximum Gasteiger partial charge on any atom is 0.165 e. The van der Waals surface area contributed by atoms with Crippen LogP contribution in [0.15, 0.2) is 36.4 Å². The van der Waals surface area contributed by atoms with Crippen LogP contribution in [0, 0.1) is 5.82 Å². The summed E-state index contributed by atoms with van der Waals surface area (Å²) in [6, 6.07) is 9.80. The average Bonchev–Trinajstić information content (AvgIpc) is 2.52. The van der Waals surface area contributed by atoms with Crippen molar-refractivity contribution >= 4 is 0 Å². The number of aliphatic hydroxyl groups excluding tert-OH is 1. The zero-order valence-electron chi connectivity index (χ0n) is 11.9. The number of methoxy groups -OCH3 is 2. The van der Waals surface area contributed by atoms with Crippen molar-refractivity contribution in [1.82, 2.24) is 0 Å². The first-order valence-electron chi connectivity index (χ1n) is 6.41. The van der Waals surface area contributed by atoms with Crippen LogP contribution in [-0.4, -0.2) is 19.3 Å². The van der Waals surface area contributed by atoms with Gasteiger partial charge in [0.05, 0.1) is 20.8 Å². The van der Waals surface area contributed by atoms with E-state index in [0.29, 0.717) is 22.6 Å². The molecule has 0 heterocycles. The number of aliphatic hydroxyl groups is 1. The topological polar surface area (TPSA) is 47.9 Å². The molecule has 2 aromatic rings. The molecule has 0 aliphatic carbocycles. The fourth-order valence-corrected chi connectivity index (χ4v) is 1.89. The van der Waals surface area contributed by atoms with Gasteiger partial charge in [0.2, 0.25) is 0 Å². The van der Waals surface area contributed by atoms with Gasteiger partial charge in [0.15, 0.2) is 23.1 Å². The molecule has 21 heavy (non-hydrogen) atoms. The summed E-state index contributed by atoms with van der Waals surface area (Å²) in [5.74, 6) is 0.815. The molecule has 112 valence electrons. The minimum absolute atomic E-state index is 0.0858. The summed E-state index contributed by atoms with van der Waals surface area (Å²) >= 11 is 0. The fraction of sp³-hybridized carbons (Fsp3) is 0.250. The Labute approximate surface area is 122 Å². The quantitative estimate of drug-likeness (QED) is 0.889. The Balaban J connectivity index is 2.13. The third kappa shape index (κ3) is 3.64. The number of hydrogen-bond acceptors (Lipinski definition) is 4. The van der Waals surface area contributed by atoms with E-state index in [1.807, 2.05) is 0 Å². The van der Waals surface area contributed by atoms with Crippen molar-refractivity contribution < 1.29 is 23.7 Å². The van der Waals surface area contributed by atoms with E-state index < -0.39 is 5.82 Å². The van der Waals surface area contributed by atoms with Crippen molar-refractivity contribution in [2.45, 2.75) is 13.2 Å². The molecule has 0 fully saturated rings. The summed E-state index contributed by atoms with van der Waals surface area (Å²) in [7, 11) is 2.95. The van der Waals surface area contributed by atoms with Gasteiger partial charge in [-0.05, 0) is 35.4 Å². The molecule has 0 saturated carbocycles. The molecule has 0 saturated heterocycles. The lowest BCUT2D eigenvalue weighted by Crippen LogP contribution is -2.00. The Bertz CT molecular complexity index is 613. The Kier molecular flexibility index (Phi) is 5.00. The van der Waals surface area contributed by atoms with Crippen molar-refractivity contribution in [3.63, 3.8) is 0 Å². The average molecular weight is 292 g/mol. The van der Waals surface area contributed by atoms with E-state index in [-0.39, 0.29) is 19.0 Å². The second-order valence-corrected chi connectivity index (χ2v) is 4.40. The van der Waals surface area contributed by atoms with Gasteiger partial charge in [-0.15, -0.1) is 0 Å². The van der Waals surface area contributed by atoms with Crippen LogP contribution < -0.4 is 14.2 Å². The number of benzene rings is 2. The van der Waals surface area contributed by atoms with Gasteiger partial charge in [-0.1, -0.05) is 12.1 Å². The summed E-state index contributed by atoms with van der Waals surface area (Å²) in [5.41, 5.74) is 1.39. The predicted octanol–water partition coefficient (Wildman–Crippen LogP) is 2.91. The molecule has 4 nitrogen and oxygen atoms in total. The summed E-state index contributed by atoms with van der Waals surface area (Å²) in [4.78, 5) is 0. The van der Waals surface area contributed by atoms with E-state index in [2.05, 4.69) is 0 Å². The lowest BCUT2D eigenvalue weighted by atomic mass is 10.2. The van der Waals surface area contributed by atoms with E-state index in [4.69, 9.17) is 19.3 Å². The van der Waals surface area contributed by atoms with Crippen LogP contribution in [0.25, 0.3) is 0 Å². The van der Waals surface area contributed by atoms with Crippen molar-refractivity contribution in [3.05, 3.63) is 53.3 Å². The minimum atomic E-state index is -0.435. The summed E-state index contributed by atoms with van der Waals surface area (Å²) in [5, 5.41) is 9.15. The number of halogens is 1. The highest BCUT2D eigenvalue weighted by atomic mass is 19.1. The predicted molar refractivity (Wildman–Crippen MR) is 76.2 cm³/mol. The summed E-state index contributed by atoms with van der Waals surface area (Å²) < 4.78 is 29.3. The lowest BCUT2D eigenvalue weighted by Gasteiger charge is -2.12. The van der Waals surface area contributed by atoms with Gasteiger partial charge in [0, 0.05) is 0 Å². The van der Waals surface area contributed by atoms with Crippen molar-refractivity contribution in [1.29, 1.82) is 0 Å². The molecule has 0 radical (unpaired) electrons. The smallest absolute Gasteiger partial charge is 0.165 e. The minimum Gasteiger partial charge on any atom is -0.494 e. The van der Waals surface area contributed by atoms with Crippen LogP contribution >= 0.6 is 0 Å². The summed E-state index contributed by atoms with van der Waals surface area (Å²) in [6.07, 6.45) is 0. The van der Waals surface area contributed by atoms with Gasteiger partial charge < -0.3 is 19.3 Å². The molecule has 0 amide bonds. The normalized spacial score (nSPS) is 10.3. The number of ether oxygens (including phenoxy) is 3. The van der Waals surface area contributed by atoms with Gasteiger partial charge in [-0.25, -0.2) is 4.39 Å². The summed E-state index contributed by atoms with van der Waals surface area (Å²) in [6.45, 7) is 0.101. The molecule has 0 aliphatic rings. The molecular formula is C16H17FO4. The molecule has 0 unspecified atom stereocenters. The molecule has 1 N–H and O–H groups in total. The fourth-order valence-electron chi connectivity index (χ4n) is 1.89. The van der Waals surface area contributed by atoms with Crippen LogP contribution in [0.4, 0.5) is 4.39 Å². The van der Waals surface area contributed by atoms with Gasteiger partial charge in [-0.2, -0.15) is 0 Å². The van der Waals surface area contributed by atoms with Crippen LogP contribution in [0.2, 0.25) is 0 Å². The van der Waals surface area contributed by atoms with Crippen LogP contribution in [-0.2, 0) is 13.2 Å². The Hall–Kier alpha value is -2.27. The zero-order valence-corrected chi connectivity index (χ0v) is 11.9. The Morgan fingerprint density at radius 3 is 2.19 bits per heavy atom. The number of hydrogen-bond donors (Lipinski definition) is 1. The SMILES string of the molecule is COc1ccc(COc2cc(CO)ccc2OC)cc1F. The van der Waals surface area contributed by atoms with E-state index in [0.717, 1.165) is 0 Å². The Morgan fingerprint density at radius 2 is 1.57 bits per heavy atom. The molecule has 0 aromatic heterocycles. The lowest BCUT2D eigenvalue weighted by molar-refractivity contribution is 0.271. The van der Waals surface area contributed by atoms with Gasteiger partial charge >= 0.3 is 0 Å². The van der Waals surface area contributed by atoms with Crippen molar-refractivity contribution in [2.75, 3.05) is 14.2 Å². The largest absolute Gasteiger partial charge is 0.494 e. The highest BCUT2D eigenvalue weighted by Gasteiger charge is 2.08. The molecule has 2 aromatic carbocycles. The highest BCUT2D eigenvalue weighted by Crippen LogP contribution is 2.29. The maximum atomic E-state index is 13.6. The second-order valence-electron chi connectivity index (χ2n) is 4.40. The third-order valence-corrected chi connectivity index (χ3v) is 3.02. The molecule has 0 aliphatic heterocycles.